The molecule has 0 bridgehead atoms. The molecule has 0 atom stereocenters. The molecule has 0 aliphatic rings. The number of nitrogens with zero attached hydrogens (tertiary/aromatic N) is 2. The van der Waals surface area contributed by atoms with E-state index in [9.17, 15) is 18.0 Å². The Kier molecular flexibility index (Phi) is 4.61. The number of carbonyl (C=O) groups excluding carboxylic acids is 1. The van der Waals surface area contributed by atoms with Crippen LogP contribution in [-0.2, 0) is 0 Å². The highest BCUT2D eigenvalue weighted by molar-refractivity contribution is 5.91. The first-order valence-electron chi connectivity index (χ1n) is 7.29. The summed E-state index contributed by atoms with van der Waals surface area (Å²) in [6.07, 6.45) is -4.79. The lowest BCUT2D eigenvalue weighted by molar-refractivity contribution is -0.274. The second-order valence-electron chi connectivity index (χ2n) is 5.12. The number of ether oxygens (including phenoxy) is 2. The van der Waals surface area contributed by atoms with Crippen molar-refractivity contribution in [3.63, 3.8) is 0 Å². The minimum absolute atomic E-state index is 0.0809. The van der Waals surface area contributed by atoms with E-state index < -0.39 is 18.1 Å². The molecule has 0 radical (unpaired) electrons. The quantitative estimate of drug-likeness (QED) is 0.511. The molecule has 1 aromatic heterocycles. The van der Waals surface area contributed by atoms with E-state index in [-0.39, 0.29) is 11.3 Å². The number of esters is 1. The lowest BCUT2D eigenvalue weighted by Gasteiger charge is -2.09. The summed E-state index contributed by atoms with van der Waals surface area (Å²) in [5.74, 6) is -0.0517. The minimum atomic E-state index is -4.79. The average molecular weight is 364 g/mol. The minimum Gasteiger partial charge on any atom is -0.423 e. The summed E-state index contributed by atoms with van der Waals surface area (Å²) >= 11 is 0. The number of benzene rings is 2. The van der Waals surface area contributed by atoms with Crippen LogP contribution in [0.2, 0.25) is 0 Å². The largest absolute Gasteiger partial charge is 0.573 e. The first-order chi connectivity index (χ1) is 12.3. The number of aromatic nitrogens is 2. The maximum atomic E-state index is 12.1. The zero-order valence-electron chi connectivity index (χ0n) is 13.3. The van der Waals surface area contributed by atoms with Gasteiger partial charge in [0, 0.05) is 12.5 Å². The van der Waals surface area contributed by atoms with E-state index in [4.69, 9.17) is 9.26 Å². The summed E-state index contributed by atoms with van der Waals surface area (Å²) in [7, 11) is 0. The number of halogens is 3. The van der Waals surface area contributed by atoms with Crippen LogP contribution in [0.1, 0.15) is 16.2 Å². The molecule has 0 aliphatic heterocycles. The Morgan fingerprint density at radius 3 is 2.15 bits per heavy atom. The molecule has 6 nitrogen and oxygen atoms in total. The normalized spacial score (nSPS) is 11.2. The number of alkyl halides is 3. The lowest BCUT2D eigenvalue weighted by Crippen LogP contribution is -2.17. The van der Waals surface area contributed by atoms with Gasteiger partial charge < -0.3 is 14.0 Å². The molecule has 0 amide bonds. The fraction of sp³-hybridized carbons (Fsp3) is 0.118. The van der Waals surface area contributed by atoms with Gasteiger partial charge in [0.1, 0.15) is 11.5 Å². The van der Waals surface area contributed by atoms with Crippen molar-refractivity contribution in [2.45, 2.75) is 13.3 Å². The van der Waals surface area contributed by atoms with Crippen molar-refractivity contribution in [2.24, 2.45) is 0 Å². The molecule has 0 N–H and O–H groups in total. The van der Waals surface area contributed by atoms with Gasteiger partial charge in [-0.15, -0.1) is 13.2 Å². The molecule has 0 saturated carbocycles. The Labute approximate surface area is 145 Å². The molecule has 0 unspecified atom stereocenters. The van der Waals surface area contributed by atoms with Crippen molar-refractivity contribution in [2.75, 3.05) is 0 Å². The Hall–Kier alpha value is -3.36. The van der Waals surface area contributed by atoms with Crippen molar-refractivity contribution >= 4 is 5.97 Å². The molecule has 0 spiro atoms. The van der Waals surface area contributed by atoms with Gasteiger partial charge in [-0.25, -0.2) is 4.79 Å². The van der Waals surface area contributed by atoms with E-state index in [0.29, 0.717) is 17.3 Å². The molecular weight excluding hydrogens is 353 g/mol. The van der Waals surface area contributed by atoms with Crippen LogP contribution in [0, 0.1) is 6.92 Å². The molecule has 0 aliphatic carbocycles. The maximum absolute atomic E-state index is 12.1. The first-order valence-corrected chi connectivity index (χ1v) is 7.29. The van der Waals surface area contributed by atoms with Gasteiger partial charge in [-0.05, 0) is 48.5 Å². The Morgan fingerprint density at radius 2 is 1.62 bits per heavy atom. The topological polar surface area (TPSA) is 74.5 Å². The number of hydrogen-bond acceptors (Lipinski definition) is 6. The average Bonchev–Trinajstić information content (AvgIpc) is 3.01. The fourth-order valence-electron chi connectivity index (χ4n) is 2.05. The maximum Gasteiger partial charge on any atom is 0.573 e. The number of hydrogen-bond donors (Lipinski definition) is 0. The summed E-state index contributed by atoms with van der Waals surface area (Å²) in [6.45, 7) is 1.66. The zero-order chi connectivity index (χ0) is 18.7. The second-order valence-corrected chi connectivity index (χ2v) is 5.12. The van der Waals surface area contributed by atoms with Crippen LogP contribution in [0.15, 0.2) is 53.1 Å². The van der Waals surface area contributed by atoms with E-state index in [2.05, 4.69) is 14.9 Å². The molecule has 134 valence electrons. The number of aryl methyl sites for hydroxylation is 1. The van der Waals surface area contributed by atoms with Gasteiger partial charge in [0.25, 0.3) is 0 Å². The van der Waals surface area contributed by atoms with Gasteiger partial charge in [0.2, 0.25) is 11.7 Å². The molecule has 3 rings (SSSR count). The van der Waals surface area contributed by atoms with E-state index in [1.807, 2.05) is 0 Å². The van der Waals surface area contributed by atoms with Crippen LogP contribution in [0.5, 0.6) is 11.5 Å². The highest BCUT2D eigenvalue weighted by Crippen LogP contribution is 2.24. The summed E-state index contributed by atoms with van der Waals surface area (Å²) in [4.78, 5) is 16.1. The second kappa shape index (κ2) is 6.87. The summed E-state index contributed by atoms with van der Waals surface area (Å²) in [5, 5.41) is 3.77. The van der Waals surface area contributed by atoms with Crippen LogP contribution in [-0.4, -0.2) is 22.5 Å². The van der Waals surface area contributed by atoms with Gasteiger partial charge in [0.15, 0.2) is 0 Å². The number of rotatable bonds is 4. The summed E-state index contributed by atoms with van der Waals surface area (Å²) in [5.41, 5.74) is 0.757. The Morgan fingerprint density at radius 1 is 1.00 bits per heavy atom. The van der Waals surface area contributed by atoms with Crippen molar-refractivity contribution < 1.29 is 32.0 Å². The predicted molar refractivity (Wildman–Crippen MR) is 82.6 cm³/mol. The molecule has 3 aromatic rings. The molecule has 0 fully saturated rings. The predicted octanol–water partition coefficient (Wildman–Crippen LogP) is 4.16. The van der Waals surface area contributed by atoms with Crippen molar-refractivity contribution in [3.8, 4) is 22.9 Å². The lowest BCUT2D eigenvalue weighted by atomic mass is 10.2. The Bertz CT molecular complexity index is 903. The Balaban J connectivity index is 1.66. The van der Waals surface area contributed by atoms with Crippen LogP contribution in [0.3, 0.4) is 0 Å². The van der Waals surface area contributed by atoms with Gasteiger partial charge >= 0.3 is 12.3 Å². The third-order valence-corrected chi connectivity index (χ3v) is 3.17. The van der Waals surface area contributed by atoms with Crippen LogP contribution in [0.25, 0.3) is 11.4 Å². The molecule has 9 heteroatoms. The standard InChI is InChI=1S/C17H11F3N2O4/c1-10-21-15(22-26-10)11-2-6-13(7-3-11)24-16(23)12-4-8-14(9-5-12)25-17(18,19)20/h2-9H,1H3. The SMILES string of the molecule is Cc1nc(-c2ccc(OC(=O)c3ccc(OC(F)(F)F)cc3)cc2)no1. The molecule has 2 aromatic carbocycles. The van der Waals surface area contributed by atoms with E-state index >= 15 is 0 Å². The van der Waals surface area contributed by atoms with E-state index in [0.717, 1.165) is 12.1 Å². The van der Waals surface area contributed by atoms with Crippen molar-refractivity contribution in [1.29, 1.82) is 0 Å². The zero-order valence-corrected chi connectivity index (χ0v) is 13.3. The van der Waals surface area contributed by atoms with Crippen LogP contribution < -0.4 is 9.47 Å². The smallest absolute Gasteiger partial charge is 0.423 e. The van der Waals surface area contributed by atoms with Gasteiger partial charge in [0.05, 0.1) is 5.56 Å². The fourth-order valence-corrected chi connectivity index (χ4v) is 2.05. The van der Waals surface area contributed by atoms with Crippen LogP contribution in [0.4, 0.5) is 13.2 Å². The van der Waals surface area contributed by atoms with Gasteiger partial charge in [-0.2, -0.15) is 4.98 Å². The molecule has 26 heavy (non-hydrogen) atoms. The summed E-state index contributed by atoms with van der Waals surface area (Å²) < 4.78 is 50.1. The molecule has 1 heterocycles. The van der Waals surface area contributed by atoms with E-state index in [1.165, 1.54) is 12.1 Å². The monoisotopic (exact) mass is 364 g/mol. The highest BCUT2D eigenvalue weighted by atomic mass is 19.4. The highest BCUT2D eigenvalue weighted by Gasteiger charge is 2.31. The molecule has 0 saturated heterocycles. The van der Waals surface area contributed by atoms with Gasteiger partial charge in [-0.3, -0.25) is 0 Å². The van der Waals surface area contributed by atoms with Crippen molar-refractivity contribution in [3.05, 3.63) is 60.0 Å². The van der Waals surface area contributed by atoms with Crippen LogP contribution >= 0.6 is 0 Å². The third kappa shape index (κ3) is 4.38. The first kappa shape index (κ1) is 17.5. The van der Waals surface area contributed by atoms with E-state index in [1.54, 1.807) is 31.2 Å². The van der Waals surface area contributed by atoms with Crippen molar-refractivity contribution in [1.82, 2.24) is 10.1 Å². The summed E-state index contributed by atoms with van der Waals surface area (Å²) in [6, 6.07) is 10.8. The van der Waals surface area contributed by atoms with Gasteiger partial charge in [-0.1, -0.05) is 5.16 Å². The molecular formula is C17H11F3N2O4. The number of carbonyl (C=O) groups is 1. The third-order valence-electron chi connectivity index (χ3n) is 3.17.